The molecule has 0 unspecified atom stereocenters. The van der Waals surface area contributed by atoms with Gasteiger partial charge in [0.15, 0.2) is 0 Å². The van der Waals surface area contributed by atoms with Crippen LogP contribution in [0.15, 0.2) is 42.6 Å². The minimum absolute atomic E-state index is 0.354. The lowest BCUT2D eigenvalue weighted by Crippen LogP contribution is -2.08. The average Bonchev–Trinajstić information content (AvgIpc) is 2.26. The molecule has 0 atom stereocenters. The maximum absolute atomic E-state index is 10.8. The van der Waals surface area contributed by atoms with Gasteiger partial charge in [0.2, 0.25) is 0 Å². The summed E-state index contributed by atoms with van der Waals surface area (Å²) in [6.45, 7) is 0. The summed E-state index contributed by atoms with van der Waals surface area (Å²) in [4.78, 5) is 12.7. The highest BCUT2D eigenvalue weighted by molar-refractivity contribution is 5.82. The maximum atomic E-state index is 10.8. The van der Waals surface area contributed by atoms with Gasteiger partial charge in [-0.25, -0.2) is 4.79 Å². The summed E-state index contributed by atoms with van der Waals surface area (Å²) in [6, 6.07) is 9.75. The van der Waals surface area contributed by atoms with E-state index < -0.39 is 0 Å². The smallest absolute Gasteiger partial charge is 0.331 e. The fourth-order valence-electron chi connectivity index (χ4n) is 0.990. The third-order valence-corrected chi connectivity index (χ3v) is 1.80. The second-order valence-corrected chi connectivity index (χ2v) is 2.79. The first kappa shape index (κ1) is 10.3. The molecule has 0 aromatic heterocycles. The molecule has 14 heavy (non-hydrogen) atoms. The molecule has 0 fully saturated rings. The number of para-hydroxylation sites is 1. The summed E-state index contributed by atoms with van der Waals surface area (Å²) >= 11 is 0. The van der Waals surface area contributed by atoms with Crippen LogP contribution in [0.4, 0.5) is 5.69 Å². The third-order valence-electron chi connectivity index (χ3n) is 1.80. The van der Waals surface area contributed by atoms with Gasteiger partial charge in [-0.05, 0) is 12.1 Å². The fraction of sp³-hybridized carbons (Fsp3) is 0.182. The first-order valence-electron chi connectivity index (χ1n) is 4.28. The van der Waals surface area contributed by atoms with Crippen molar-refractivity contribution in [2.45, 2.75) is 0 Å². The first-order chi connectivity index (χ1) is 6.74. The molecule has 0 N–H and O–H groups in total. The Bertz CT molecular complexity index is 319. The van der Waals surface area contributed by atoms with Crippen LogP contribution in [0, 0.1) is 0 Å². The largest absolute Gasteiger partial charge is 0.466 e. The van der Waals surface area contributed by atoms with Crippen LogP contribution in [0.5, 0.6) is 0 Å². The molecule has 1 rings (SSSR count). The van der Waals surface area contributed by atoms with Crippen LogP contribution >= 0.6 is 0 Å². The molecule has 0 aliphatic rings. The quantitative estimate of drug-likeness (QED) is 0.539. The van der Waals surface area contributed by atoms with Gasteiger partial charge in [0.1, 0.15) is 0 Å². The molecule has 0 saturated carbocycles. The first-order valence-corrected chi connectivity index (χ1v) is 4.28. The predicted octanol–water partition coefficient (Wildman–Crippen LogP) is 1.81. The van der Waals surface area contributed by atoms with Crippen LogP contribution in [0.3, 0.4) is 0 Å². The number of methoxy groups -OCH3 is 1. The standard InChI is InChI=1S/C11H13NO2/c1-12(9-8-11(13)14-2)10-6-4-3-5-7-10/h3-9H,1-2H3/b9-8+. The zero-order valence-corrected chi connectivity index (χ0v) is 8.31. The van der Waals surface area contributed by atoms with E-state index in [1.165, 1.54) is 13.2 Å². The van der Waals surface area contributed by atoms with Crippen molar-refractivity contribution in [3.05, 3.63) is 42.6 Å². The van der Waals surface area contributed by atoms with Gasteiger partial charge in [0.25, 0.3) is 0 Å². The molecule has 0 aliphatic heterocycles. The minimum atomic E-state index is -0.354. The Hall–Kier alpha value is -1.77. The van der Waals surface area contributed by atoms with Crippen LogP contribution in [-0.2, 0) is 9.53 Å². The van der Waals surface area contributed by atoms with E-state index in [-0.39, 0.29) is 5.97 Å². The van der Waals surface area contributed by atoms with E-state index in [4.69, 9.17) is 0 Å². The lowest BCUT2D eigenvalue weighted by molar-refractivity contribution is -0.134. The molecular formula is C11H13NO2. The zero-order chi connectivity index (χ0) is 10.4. The summed E-state index contributed by atoms with van der Waals surface area (Å²) in [5, 5.41) is 0. The normalized spacial score (nSPS) is 10.1. The van der Waals surface area contributed by atoms with E-state index in [0.717, 1.165) is 5.69 Å². The number of hydrogen-bond acceptors (Lipinski definition) is 3. The second kappa shape index (κ2) is 5.07. The van der Waals surface area contributed by atoms with Gasteiger partial charge in [0, 0.05) is 25.0 Å². The summed E-state index contributed by atoms with van der Waals surface area (Å²) < 4.78 is 4.48. The van der Waals surface area contributed by atoms with E-state index in [1.807, 2.05) is 42.3 Å². The second-order valence-electron chi connectivity index (χ2n) is 2.79. The molecule has 0 amide bonds. The SMILES string of the molecule is COC(=O)/C=C/N(C)c1ccccc1. The summed E-state index contributed by atoms with van der Waals surface area (Å²) in [5.41, 5.74) is 1.02. The number of carbonyl (C=O) groups is 1. The molecule has 74 valence electrons. The van der Waals surface area contributed by atoms with Crippen LogP contribution in [0.1, 0.15) is 0 Å². The molecular weight excluding hydrogens is 178 g/mol. The minimum Gasteiger partial charge on any atom is -0.466 e. The van der Waals surface area contributed by atoms with Crippen LogP contribution in [-0.4, -0.2) is 20.1 Å². The van der Waals surface area contributed by atoms with Crippen molar-refractivity contribution < 1.29 is 9.53 Å². The van der Waals surface area contributed by atoms with Gasteiger partial charge in [-0.15, -0.1) is 0 Å². The van der Waals surface area contributed by atoms with Crippen molar-refractivity contribution in [1.29, 1.82) is 0 Å². The Kier molecular flexibility index (Phi) is 3.73. The molecule has 0 radical (unpaired) electrons. The lowest BCUT2D eigenvalue weighted by Gasteiger charge is -2.12. The van der Waals surface area contributed by atoms with Crippen molar-refractivity contribution in [3.63, 3.8) is 0 Å². The Morgan fingerprint density at radius 1 is 1.36 bits per heavy atom. The number of ether oxygens (including phenoxy) is 1. The van der Waals surface area contributed by atoms with Gasteiger partial charge in [0.05, 0.1) is 7.11 Å². The molecule has 3 heteroatoms. The number of anilines is 1. The Labute approximate surface area is 83.6 Å². The topological polar surface area (TPSA) is 29.5 Å². The van der Waals surface area contributed by atoms with Crippen molar-refractivity contribution in [3.8, 4) is 0 Å². The number of nitrogens with zero attached hydrogens (tertiary/aromatic N) is 1. The number of esters is 1. The van der Waals surface area contributed by atoms with Crippen molar-refractivity contribution in [2.75, 3.05) is 19.1 Å². The van der Waals surface area contributed by atoms with Gasteiger partial charge in [-0.2, -0.15) is 0 Å². The molecule has 1 aromatic carbocycles. The number of rotatable bonds is 3. The molecule has 0 saturated heterocycles. The maximum Gasteiger partial charge on any atom is 0.331 e. The molecule has 0 heterocycles. The third kappa shape index (κ3) is 2.94. The highest BCUT2D eigenvalue weighted by Gasteiger charge is 1.96. The summed E-state index contributed by atoms with van der Waals surface area (Å²) in [5.74, 6) is -0.354. The van der Waals surface area contributed by atoms with Crippen molar-refractivity contribution in [2.24, 2.45) is 0 Å². The average molecular weight is 191 g/mol. The molecule has 0 bridgehead atoms. The molecule has 3 nitrogen and oxygen atoms in total. The van der Waals surface area contributed by atoms with Crippen molar-refractivity contribution in [1.82, 2.24) is 0 Å². The molecule has 0 spiro atoms. The Morgan fingerprint density at radius 2 is 2.00 bits per heavy atom. The van der Waals surface area contributed by atoms with Gasteiger partial charge in [-0.3, -0.25) is 0 Å². The summed E-state index contributed by atoms with van der Waals surface area (Å²) in [7, 11) is 3.23. The van der Waals surface area contributed by atoms with E-state index in [9.17, 15) is 4.79 Å². The van der Waals surface area contributed by atoms with Crippen molar-refractivity contribution >= 4 is 11.7 Å². The lowest BCUT2D eigenvalue weighted by atomic mass is 10.3. The van der Waals surface area contributed by atoms with E-state index in [1.54, 1.807) is 6.20 Å². The highest BCUT2D eigenvalue weighted by Crippen LogP contribution is 2.10. The zero-order valence-electron chi connectivity index (χ0n) is 8.31. The molecule has 0 aliphatic carbocycles. The number of benzene rings is 1. The van der Waals surface area contributed by atoms with Crippen LogP contribution in [0.2, 0.25) is 0 Å². The van der Waals surface area contributed by atoms with Gasteiger partial charge >= 0.3 is 5.97 Å². The Morgan fingerprint density at radius 3 is 2.57 bits per heavy atom. The van der Waals surface area contributed by atoms with E-state index >= 15 is 0 Å². The van der Waals surface area contributed by atoms with Crippen LogP contribution in [0.25, 0.3) is 0 Å². The summed E-state index contributed by atoms with van der Waals surface area (Å²) in [6.07, 6.45) is 3.05. The predicted molar refractivity (Wildman–Crippen MR) is 56.0 cm³/mol. The van der Waals surface area contributed by atoms with Crippen LogP contribution < -0.4 is 4.90 Å². The van der Waals surface area contributed by atoms with E-state index in [0.29, 0.717) is 0 Å². The fourth-order valence-corrected chi connectivity index (χ4v) is 0.990. The number of hydrogen-bond donors (Lipinski definition) is 0. The highest BCUT2D eigenvalue weighted by atomic mass is 16.5. The van der Waals surface area contributed by atoms with E-state index in [2.05, 4.69) is 4.74 Å². The monoisotopic (exact) mass is 191 g/mol. The Balaban J connectivity index is 2.63. The number of carbonyl (C=O) groups excluding carboxylic acids is 1. The molecule has 1 aromatic rings. The van der Waals surface area contributed by atoms with Gasteiger partial charge in [-0.1, -0.05) is 18.2 Å². The van der Waals surface area contributed by atoms with Gasteiger partial charge < -0.3 is 9.64 Å².